The second-order valence-electron chi connectivity index (χ2n) is 7.09. The predicted octanol–water partition coefficient (Wildman–Crippen LogP) is 2.95. The summed E-state index contributed by atoms with van der Waals surface area (Å²) in [7, 11) is 0. The SMILES string of the molecule is Cc1ccc(NC(=O)Cn2cnc3c(nnn3Cc3cccc(Cl)c3)c2=O)c(C)c1. The Morgan fingerprint density at radius 3 is 2.77 bits per heavy atom. The maximum absolute atomic E-state index is 12.8. The lowest BCUT2D eigenvalue weighted by Gasteiger charge is -2.10. The number of aryl methyl sites for hydroxylation is 2. The van der Waals surface area contributed by atoms with Crippen LogP contribution >= 0.6 is 11.6 Å². The van der Waals surface area contributed by atoms with Crippen LogP contribution in [0.3, 0.4) is 0 Å². The number of nitrogens with one attached hydrogen (secondary N) is 1. The number of benzene rings is 2. The fraction of sp³-hybridized carbons (Fsp3) is 0.190. The summed E-state index contributed by atoms with van der Waals surface area (Å²) in [5.41, 5.74) is 3.72. The molecule has 0 atom stereocenters. The zero-order valence-corrected chi connectivity index (χ0v) is 17.2. The van der Waals surface area contributed by atoms with Crippen molar-refractivity contribution in [2.45, 2.75) is 26.9 Å². The number of rotatable bonds is 5. The number of carbonyl (C=O) groups excluding carboxylic acids is 1. The van der Waals surface area contributed by atoms with Crippen LogP contribution in [0.5, 0.6) is 0 Å². The zero-order chi connectivity index (χ0) is 21.3. The lowest BCUT2D eigenvalue weighted by Crippen LogP contribution is -2.28. The zero-order valence-electron chi connectivity index (χ0n) is 16.5. The molecule has 9 heteroatoms. The van der Waals surface area contributed by atoms with Gasteiger partial charge in [0.1, 0.15) is 12.9 Å². The highest BCUT2D eigenvalue weighted by atomic mass is 35.5. The first kappa shape index (κ1) is 19.8. The maximum Gasteiger partial charge on any atom is 0.283 e. The molecule has 4 aromatic rings. The molecule has 2 aromatic heterocycles. The van der Waals surface area contributed by atoms with Crippen molar-refractivity contribution in [1.29, 1.82) is 0 Å². The van der Waals surface area contributed by atoms with E-state index in [0.717, 1.165) is 16.7 Å². The van der Waals surface area contributed by atoms with E-state index in [-0.39, 0.29) is 18.0 Å². The molecule has 0 aliphatic carbocycles. The van der Waals surface area contributed by atoms with Crippen LogP contribution < -0.4 is 10.9 Å². The number of fused-ring (bicyclic) bond motifs is 1. The molecule has 0 saturated heterocycles. The van der Waals surface area contributed by atoms with Gasteiger partial charge in [-0.1, -0.05) is 46.6 Å². The van der Waals surface area contributed by atoms with Crippen molar-refractivity contribution in [1.82, 2.24) is 24.5 Å². The summed E-state index contributed by atoms with van der Waals surface area (Å²) >= 11 is 6.02. The molecule has 0 bridgehead atoms. The molecular formula is C21H19ClN6O2. The number of nitrogens with zero attached hydrogens (tertiary/aromatic N) is 5. The fourth-order valence-corrected chi connectivity index (χ4v) is 3.43. The topological polar surface area (TPSA) is 94.7 Å². The van der Waals surface area contributed by atoms with Gasteiger partial charge in [0.05, 0.1) is 6.54 Å². The average molecular weight is 423 g/mol. The molecule has 8 nitrogen and oxygen atoms in total. The minimum absolute atomic E-state index is 0.110. The second kappa shape index (κ2) is 8.08. The first-order chi connectivity index (χ1) is 14.4. The molecule has 0 aliphatic heterocycles. The Balaban J connectivity index is 1.55. The third kappa shape index (κ3) is 4.08. The van der Waals surface area contributed by atoms with Crippen molar-refractivity contribution in [3.8, 4) is 0 Å². The lowest BCUT2D eigenvalue weighted by molar-refractivity contribution is -0.116. The highest BCUT2D eigenvalue weighted by Gasteiger charge is 2.14. The van der Waals surface area contributed by atoms with Crippen molar-refractivity contribution < 1.29 is 4.79 Å². The summed E-state index contributed by atoms with van der Waals surface area (Å²) < 4.78 is 2.75. The molecule has 0 aliphatic rings. The fourth-order valence-electron chi connectivity index (χ4n) is 3.21. The Morgan fingerprint density at radius 1 is 1.17 bits per heavy atom. The third-order valence-corrected chi connectivity index (χ3v) is 4.92. The summed E-state index contributed by atoms with van der Waals surface area (Å²) in [5, 5.41) is 11.4. The molecule has 1 amide bonds. The highest BCUT2D eigenvalue weighted by Crippen LogP contribution is 2.16. The largest absolute Gasteiger partial charge is 0.324 e. The predicted molar refractivity (Wildman–Crippen MR) is 115 cm³/mol. The lowest BCUT2D eigenvalue weighted by atomic mass is 10.1. The molecule has 1 N–H and O–H groups in total. The summed E-state index contributed by atoms with van der Waals surface area (Å²) in [6, 6.07) is 13.1. The molecule has 2 aromatic carbocycles. The minimum Gasteiger partial charge on any atom is -0.324 e. The molecule has 0 radical (unpaired) electrons. The number of amides is 1. The van der Waals surface area contributed by atoms with E-state index >= 15 is 0 Å². The number of hydrogen-bond donors (Lipinski definition) is 1. The number of hydrogen-bond acceptors (Lipinski definition) is 5. The monoisotopic (exact) mass is 422 g/mol. The highest BCUT2D eigenvalue weighted by molar-refractivity contribution is 6.30. The molecule has 0 unspecified atom stereocenters. The van der Waals surface area contributed by atoms with Gasteiger partial charge in [-0.25, -0.2) is 9.67 Å². The van der Waals surface area contributed by atoms with Gasteiger partial charge in [-0.05, 0) is 43.2 Å². The quantitative estimate of drug-likeness (QED) is 0.533. The van der Waals surface area contributed by atoms with Crippen LogP contribution in [0, 0.1) is 13.8 Å². The van der Waals surface area contributed by atoms with E-state index in [4.69, 9.17) is 11.6 Å². The number of aromatic nitrogens is 5. The van der Waals surface area contributed by atoms with Crippen molar-refractivity contribution in [3.05, 3.63) is 80.9 Å². The average Bonchev–Trinajstić information content (AvgIpc) is 3.10. The van der Waals surface area contributed by atoms with Crippen molar-refractivity contribution in [3.63, 3.8) is 0 Å². The van der Waals surface area contributed by atoms with Gasteiger partial charge in [0, 0.05) is 10.7 Å². The Labute approximate surface area is 177 Å². The summed E-state index contributed by atoms with van der Waals surface area (Å²) in [6.07, 6.45) is 1.34. The molecule has 0 fully saturated rings. The minimum atomic E-state index is -0.423. The summed E-state index contributed by atoms with van der Waals surface area (Å²) in [6.45, 7) is 4.11. The number of carbonyl (C=O) groups is 1. The van der Waals surface area contributed by atoms with E-state index in [1.807, 2.05) is 50.2 Å². The molecule has 30 heavy (non-hydrogen) atoms. The second-order valence-corrected chi connectivity index (χ2v) is 7.53. The van der Waals surface area contributed by atoms with E-state index in [1.165, 1.54) is 15.6 Å². The Kier molecular flexibility index (Phi) is 5.33. The van der Waals surface area contributed by atoms with Crippen molar-refractivity contribution >= 4 is 34.4 Å². The third-order valence-electron chi connectivity index (χ3n) is 4.68. The van der Waals surface area contributed by atoms with Gasteiger partial charge in [-0.3, -0.25) is 14.2 Å². The van der Waals surface area contributed by atoms with Crippen LogP contribution in [0.15, 0.2) is 53.6 Å². The van der Waals surface area contributed by atoms with Crippen molar-refractivity contribution in [2.24, 2.45) is 0 Å². The Morgan fingerprint density at radius 2 is 2.00 bits per heavy atom. The van der Waals surface area contributed by atoms with Gasteiger partial charge in [0.2, 0.25) is 5.91 Å². The molecule has 152 valence electrons. The van der Waals surface area contributed by atoms with Crippen LogP contribution in [0.2, 0.25) is 5.02 Å². The standard InChI is InChI=1S/C21H19ClN6O2/c1-13-6-7-17(14(2)8-13)24-18(29)11-27-12-23-20-19(21(27)30)25-26-28(20)10-15-4-3-5-16(22)9-15/h3-9,12H,10-11H2,1-2H3,(H,24,29). The van der Waals surface area contributed by atoms with Gasteiger partial charge in [0.15, 0.2) is 11.2 Å². The first-order valence-electron chi connectivity index (χ1n) is 9.31. The Hall–Kier alpha value is -3.52. The van der Waals surface area contributed by atoms with Gasteiger partial charge in [0.25, 0.3) is 5.56 Å². The van der Waals surface area contributed by atoms with Crippen LogP contribution in [0.1, 0.15) is 16.7 Å². The summed E-state index contributed by atoms with van der Waals surface area (Å²) in [4.78, 5) is 29.5. The molecule has 2 heterocycles. The maximum atomic E-state index is 12.8. The van der Waals surface area contributed by atoms with E-state index in [0.29, 0.717) is 22.9 Å². The smallest absolute Gasteiger partial charge is 0.283 e. The van der Waals surface area contributed by atoms with Gasteiger partial charge >= 0.3 is 0 Å². The first-order valence-corrected chi connectivity index (χ1v) is 9.68. The Bertz CT molecular complexity index is 1310. The summed E-state index contributed by atoms with van der Waals surface area (Å²) in [5.74, 6) is -0.323. The van der Waals surface area contributed by atoms with E-state index in [1.54, 1.807) is 6.07 Å². The molecular weight excluding hydrogens is 404 g/mol. The van der Waals surface area contributed by atoms with E-state index in [2.05, 4.69) is 20.6 Å². The van der Waals surface area contributed by atoms with Gasteiger partial charge in [-0.15, -0.1) is 5.10 Å². The van der Waals surface area contributed by atoms with Crippen LogP contribution in [-0.4, -0.2) is 30.5 Å². The number of anilines is 1. The number of halogens is 1. The normalized spacial score (nSPS) is 11.0. The molecule has 4 rings (SSSR count). The van der Waals surface area contributed by atoms with E-state index in [9.17, 15) is 9.59 Å². The van der Waals surface area contributed by atoms with Crippen molar-refractivity contribution in [2.75, 3.05) is 5.32 Å². The van der Waals surface area contributed by atoms with Crippen LogP contribution in [0.4, 0.5) is 5.69 Å². The molecule has 0 spiro atoms. The van der Waals surface area contributed by atoms with E-state index < -0.39 is 5.56 Å². The van der Waals surface area contributed by atoms with Crippen LogP contribution in [-0.2, 0) is 17.9 Å². The molecule has 0 saturated carbocycles. The van der Waals surface area contributed by atoms with Gasteiger partial charge < -0.3 is 5.32 Å². The van der Waals surface area contributed by atoms with Crippen LogP contribution in [0.25, 0.3) is 11.2 Å². The van der Waals surface area contributed by atoms with Gasteiger partial charge in [-0.2, -0.15) is 0 Å².